The van der Waals surface area contributed by atoms with E-state index in [1.807, 2.05) is 0 Å². The summed E-state index contributed by atoms with van der Waals surface area (Å²) in [6, 6.07) is 30.2. The number of fused-ring (bicyclic) bond motifs is 15. The van der Waals surface area contributed by atoms with Crippen molar-refractivity contribution < 1.29 is 0 Å². The first-order valence-electron chi connectivity index (χ1n) is 12.9. The molecule has 0 heterocycles. The van der Waals surface area contributed by atoms with Crippen LogP contribution in [-0.4, -0.2) is 0 Å². The summed E-state index contributed by atoms with van der Waals surface area (Å²) in [6.07, 6.45) is 4.28. The maximum absolute atomic E-state index is 2.49. The third-order valence-electron chi connectivity index (χ3n) is 9.17. The summed E-state index contributed by atoms with van der Waals surface area (Å²) in [5, 5.41) is 0. The molecule has 0 heteroatoms. The van der Waals surface area contributed by atoms with E-state index in [1.165, 1.54) is 77.9 Å². The molecule has 0 aliphatic heterocycles. The average molecular weight is 445 g/mol. The van der Waals surface area contributed by atoms with Crippen LogP contribution in [-0.2, 0) is 25.7 Å². The normalized spacial score (nSPS) is 14.5. The molecule has 0 spiro atoms. The lowest BCUT2D eigenvalue weighted by atomic mass is 9.90. The van der Waals surface area contributed by atoms with Crippen LogP contribution in [0.1, 0.15) is 50.1 Å². The van der Waals surface area contributed by atoms with Gasteiger partial charge >= 0.3 is 0 Å². The predicted molar refractivity (Wildman–Crippen MR) is 144 cm³/mol. The fourth-order valence-corrected chi connectivity index (χ4v) is 7.70. The van der Waals surface area contributed by atoms with E-state index in [0.717, 1.165) is 25.7 Å². The van der Waals surface area contributed by atoms with Crippen LogP contribution in [0.5, 0.6) is 0 Å². The summed E-state index contributed by atoms with van der Waals surface area (Å²) in [4.78, 5) is 0. The van der Waals surface area contributed by atoms with Crippen LogP contribution in [0, 0.1) is 6.92 Å². The standard InChI is InChI=1S/C35H24/c1-19-14-23-18-31-28(34(23)35-25-9-5-3-7-21(25)15-29(19)35)13-12-27-30(31)17-22-10-11-26-24-8-4-2-6-20(24)16-32(26)33(22)27/h2-14H,15-18H2,1H3. The molecule has 9 rings (SSSR count). The van der Waals surface area contributed by atoms with Crippen LogP contribution in [0.4, 0.5) is 0 Å². The minimum atomic E-state index is 1.06. The molecule has 0 amide bonds. The Labute approximate surface area is 205 Å². The quantitative estimate of drug-likeness (QED) is 0.221. The summed E-state index contributed by atoms with van der Waals surface area (Å²) >= 11 is 0. The van der Waals surface area contributed by atoms with E-state index in [2.05, 4.69) is 85.8 Å². The van der Waals surface area contributed by atoms with E-state index in [-0.39, 0.29) is 0 Å². The SMILES string of the molecule is Cc1cc2c(c3c1Cc1ccccc1-3)-c1ccc3c(c1C2)Cc1ccc2c(c1-3)Cc1ccccc1-2. The van der Waals surface area contributed by atoms with Crippen molar-refractivity contribution in [2.24, 2.45) is 0 Å². The lowest BCUT2D eigenvalue weighted by molar-refractivity contribution is 1.15. The summed E-state index contributed by atoms with van der Waals surface area (Å²) < 4.78 is 0. The molecule has 0 nitrogen and oxygen atoms in total. The fraction of sp³-hybridized carbons (Fsp3) is 0.143. The van der Waals surface area contributed by atoms with Crippen molar-refractivity contribution >= 4 is 0 Å². The van der Waals surface area contributed by atoms with Crippen molar-refractivity contribution in [3.05, 3.63) is 129 Å². The fourth-order valence-electron chi connectivity index (χ4n) is 7.70. The first-order valence-corrected chi connectivity index (χ1v) is 12.9. The van der Waals surface area contributed by atoms with Gasteiger partial charge in [-0.05, 0) is 127 Å². The summed E-state index contributed by atoms with van der Waals surface area (Å²) in [7, 11) is 0. The Morgan fingerprint density at radius 3 is 1.83 bits per heavy atom. The average Bonchev–Trinajstić information content (AvgIpc) is 3.62. The van der Waals surface area contributed by atoms with Gasteiger partial charge in [-0.25, -0.2) is 0 Å². The minimum Gasteiger partial charge on any atom is -0.0619 e. The van der Waals surface area contributed by atoms with E-state index in [9.17, 15) is 0 Å². The first kappa shape index (κ1) is 18.4. The second-order valence-corrected chi connectivity index (χ2v) is 10.8. The zero-order chi connectivity index (χ0) is 22.8. The molecule has 0 fully saturated rings. The predicted octanol–water partition coefficient (Wildman–Crippen LogP) is 8.28. The molecule has 5 aromatic rings. The Morgan fingerprint density at radius 2 is 1.00 bits per heavy atom. The first-order chi connectivity index (χ1) is 17.3. The van der Waals surface area contributed by atoms with Crippen molar-refractivity contribution in [2.45, 2.75) is 32.6 Å². The van der Waals surface area contributed by atoms with Gasteiger partial charge in [-0.2, -0.15) is 0 Å². The van der Waals surface area contributed by atoms with Crippen LogP contribution in [0.25, 0.3) is 44.5 Å². The maximum Gasteiger partial charge on any atom is -0.000718 e. The van der Waals surface area contributed by atoms with Gasteiger partial charge in [0.15, 0.2) is 0 Å². The van der Waals surface area contributed by atoms with Gasteiger partial charge in [0.25, 0.3) is 0 Å². The van der Waals surface area contributed by atoms with Crippen molar-refractivity contribution in [3.8, 4) is 44.5 Å². The number of benzene rings is 5. The van der Waals surface area contributed by atoms with E-state index in [1.54, 1.807) is 16.7 Å². The minimum absolute atomic E-state index is 1.06. The summed E-state index contributed by atoms with van der Waals surface area (Å²) in [6.45, 7) is 2.31. The van der Waals surface area contributed by atoms with Gasteiger partial charge in [-0.3, -0.25) is 0 Å². The van der Waals surface area contributed by atoms with Crippen molar-refractivity contribution in [1.29, 1.82) is 0 Å². The van der Waals surface area contributed by atoms with Gasteiger partial charge in [-0.15, -0.1) is 0 Å². The lowest BCUT2D eigenvalue weighted by Gasteiger charge is -2.14. The highest BCUT2D eigenvalue weighted by Crippen LogP contribution is 2.54. The number of hydrogen-bond donors (Lipinski definition) is 0. The topological polar surface area (TPSA) is 0 Å². The van der Waals surface area contributed by atoms with Crippen LogP contribution in [0.3, 0.4) is 0 Å². The van der Waals surface area contributed by atoms with Gasteiger partial charge in [-0.1, -0.05) is 78.9 Å². The molecule has 0 bridgehead atoms. The molecule has 0 atom stereocenters. The molecule has 0 saturated carbocycles. The lowest BCUT2D eigenvalue weighted by Crippen LogP contribution is -1.92. The molecule has 0 aromatic heterocycles. The second kappa shape index (κ2) is 6.20. The van der Waals surface area contributed by atoms with Crippen LogP contribution in [0.2, 0.25) is 0 Å². The molecule has 0 N–H and O–H groups in total. The molecule has 5 aromatic carbocycles. The number of aryl methyl sites for hydroxylation is 1. The Hall–Kier alpha value is -3.90. The second-order valence-electron chi connectivity index (χ2n) is 10.8. The molecule has 0 unspecified atom stereocenters. The molecule has 4 aliphatic carbocycles. The molecule has 35 heavy (non-hydrogen) atoms. The zero-order valence-electron chi connectivity index (χ0n) is 19.8. The van der Waals surface area contributed by atoms with E-state index >= 15 is 0 Å². The highest BCUT2D eigenvalue weighted by molar-refractivity contribution is 5.99. The molecule has 0 radical (unpaired) electrons. The number of rotatable bonds is 0. The van der Waals surface area contributed by atoms with Crippen LogP contribution >= 0.6 is 0 Å². The van der Waals surface area contributed by atoms with Gasteiger partial charge in [0.1, 0.15) is 0 Å². The zero-order valence-corrected chi connectivity index (χ0v) is 19.8. The third-order valence-corrected chi connectivity index (χ3v) is 9.17. The Balaban J connectivity index is 1.26. The Bertz CT molecular complexity index is 1800. The highest BCUT2D eigenvalue weighted by atomic mass is 14.4. The van der Waals surface area contributed by atoms with E-state index in [4.69, 9.17) is 0 Å². The van der Waals surface area contributed by atoms with Crippen LogP contribution in [0.15, 0.2) is 78.9 Å². The monoisotopic (exact) mass is 444 g/mol. The van der Waals surface area contributed by atoms with E-state index < -0.39 is 0 Å². The Kier molecular flexibility index (Phi) is 3.27. The van der Waals surface area contributed by atoms with Crippen LogP contribution < -0.4 is 0 Å². The van der Waals surface area contributed by atoms with Gasteiger partial charge in [0.05, 0.1) is 0 Å². The van der Waals surface area contributed by atoms with E-state index in [0.29, 0.717) is 0 Å². The summed E-state index contributed by atoms with van der Waals surface area (Å²) in [5.41, 5.74) is 25.6. The third kappa shape index (κ3) is 2.19. The van der Waals surface area contributed by atoms with Gasteiger partial charge < -0.3 is 0 Å². The number of hydrogen-bond acceptors (Lipinski definition) is 0. The molecule has 164 valence electrons. The highest BCUT2D eigenvalue weighted by Gasteiger charge is 2.35. The molecular formula is C35H24. The molecule has 4 aliphatic rings. The largest absolute Gasteiger partial charge is 0.0619 e. The van der Waals surface area contributed by atoms with Crippen molar-refractivity contribution in [2.75, 3.05) is 0 Å². The van der Waals surface area contributed by atoms with Crippen molar-refractivity contribution in [3.63, 3.8) is 0 Å². The smallest absolute Gasteiger partial charge is 0.000718 e. The maximum atomic E-state index is 2.49. The van der Waals surface area contributed by atoms with Gasteiger partial charge in [0, 0.05) is 0 Å². The molecule has 0 saturated heterocycles. The summed E-state index contributed by atoms with van der Waals surface area (Å²) in [5.74, 6) is 0. The molecular weight excluding hydrogens is 420 g/mol. The Morgan fingerprint density at radius 1 is 0.400 bits per heavy atom. The van der Waals surface area contributed by atoms with Gasteiger partial charge in [0.2, 0.25) is 0 Å². The van der Waals surface area contributed by atoms with Crippen molar-refractivity contribution in [1.82, 2.24) is 0 Å².